The summed E-state index contributed by atoms with van der Waals surface area (Å²) in [7, 11) is 0. The first kappa shape index (κ1) is 22.8. The van der Waals surface area contributed by atoms with Gasteiger partial charge in [0.25, 0.3) is 11.8 Å². The normalized spacial score (nSPS) is 10.8. The van der Waals surface area contributed by atoms with Crippen molar-refractivity contribution in [3.05, 3.63) is 64.3 Å². The summed E-state index contributed by atoms with van der Waals surface area (Å²) < 4.78 is 6.52. The quantitative estimate of drug-likeness (QED) is 0.362. The maximum Gasteiger partial charge on any atom is 0.341 e. The summed E-state index contributed by atoms with van der Waals surface area (Å²) in [6, 6.07) is 10.9. The van der Waals surface area contributed by atoms with Gasteiger partial charge in [0.15, 0.2) is 12.4 Å². The van der Waals surface area contributed by atoms with Crippen LogP contribution >= 0.6 is 11.3 Å². The van der Waals surface area contributed by atoms with Crippen molar-refractivity contribution >= 4 is 34.1 Å². The lowest BCUT2D eigenvalue weighted by atomic mass is 10.1. The van der Waals surface area contributed by atoms with E-state index in [9.17, 15) is 14.4 Å². The molecule has 0 aliphatic rings. The van der Waals surface area contributed by atoms with Crippen molar-refractivity contribution in [2.24, 2.45) is 5.73 Å². The zero-order valence-electron chi connectivity index (χ0n) is 18.3. The maximum atomic E-state index is 12.8. The molecule has 0 aliphatic heterocycles. The van der Waals surface area contributed by atoms with E-state index in [1.165, 1.54) is 15.5 Å². The van der Waals surface area contributed by atoms with Crippen molar-refractivity contribution in [2.45, 2.75) is 20.5 Å². The number of thiophene rings is 1. The van der Waals surface area contributed by atoms with Crippen molar-refractivity contribution in [2.75, 3.05) is 11.9 Å². The van der Waals surface area contributed by atoms with Gasteiger partial charge in [-0.1, -0.05) is 30.3 Å². The summed E-state index contributed by atoms with van der Waals surface area (Å²) in [4.78, 5) is 38.4. The Hall–Kier alpha value is -4.39. The van der Waals surface area contributed by atoms with Gasteiger partial charge < -0.3 is 15.8 Å². The molecular formula is C21H20N8O4S. The largest absolute Gasteiger partial charge is 0.462 e. The van der Waals surface area contributed by atoms with E-state index >= 15 is 0 Å². The first-order chi connectivity index (χ1) is 16.4. The molecule has 4 aromatic rings. The van der Waals surface area contributed by atoms with E-state index in [1.54, 1.807) is 20.0 Å². The van der Waals surface area contributed by atoms with E-state index in [4.69, 9.17) is 10.5 Å². The van der Waals surface area contributed by atoms with Gasteiger partial charge >= 0.3 is 5.97 Å². The number of hydrogen-bond acceptors (Lipinski definition) is 9. The van der Waals surface area contributed by atoms with Gasteiger partial charge in [0.2, 0.25) is 5.82 Å². The molecule has 0 atom stereocenters. The summed E-state index contributed by atoms with van der Waals surface area (Å²) in [6.07, 6.45) is 1.58. The number of rotatable bonds is 8. The fourth-order valence-corrected chi connectivity index (χ4v) is 4.19. The highest BCUT2D eigenvalue weighted by molar-refractivity contribution is 7.18. The molecule has 1 aromatic carbocycles. The van der Waals surface area contributed by atoms with Crippen LogP contribution in [-0.2, 0) is 11.4 Å². The van der Waals surface area contributed by atoms with Gasteiger partial charge in [0.1, 0.15) is 5.00 Å². The standard InChI is InChI=1S/C21H20N8O4S/c1-3-33-21(32)15-12(2)16(17(22)30)34-20(15)23-19(31)14-9-10-28(25-14)11-29-26-18(24-27-29)13-7-5-4-6-8-13/h4-10H,3,11H2,1-2H3,(H2,22,30)(H,23,31). The highest BCUT2D eigenvalue weighted by atomic mass is 32.1. The average molecular weight is 481 g/mol. The highest BCUT2D eigenvalue weighted by Gasteiger charge is 2.26. The third-order valence-corrected chi connectivity index (χ3v) is 5.93. The Morgan fingerprint density at radius 1 is 1.15 bits per heavy atom. The molecule has 0 spiro atoms. The van der Waals surface area contributed by atoms with Crippen LogP contribution in [0.15, 0.2) is 42.6 Å². The van der Waals surface area contributed by atoms with E-state index in [1.807, 2.05) is 30.3 Å². The molecule has 0 unspecified atom stereocenters. The molecule has 0 bridgehead atoms. The van der Waals surface area contributed by atoms with Gasteiger partial charge in [-0.05, 0) is 30.7 Å². The molecule has 34 heavy (non-hydrogen) atoms. The average Bonchev–Trinajstić information content (AvgIpc) is 3.54. The molecule has 0 saturated carbocycles. The smallest absolute Gasteiger partial charge is 0.341 e. The van der Waals surface area contributed by atoms with Crippen LogP contribution in [0.1, 0.15) is 43.0 Å². The second-order valence-corrected chi connectivity index (χ2v) is 8.05. The molecule has 3 aromatic heterocycles. The summed E-state index contributed by atoms with van der Waals surface area (Å²) in [5, 5.41) is 19.4. The molecule has 0 radical (unpaired) electrons. The molecule has 0 aliphatic carbocycles. The summed E-state index contributed by atoms with van der Waals surface area (Å²) in [5.74, 6) is -1.46. The van der Waals surface area contributed by atoms with Crippen molar-refractivity contribution in [3.8, 4) is 11.4 Å². The van der Waals surface area contributed by atoms with Crippen LogP contribution in [0, 0.1) is 6.92 Å². The number of carbonyl (C=O) groups is 3. The minimum absolute atomic E-state index is 0.0879. The van der Waals surface area contributed by atoms with Gasteiger partial charge in [-0.15, -0.1) is 26.3 Å². The lowest BCUT2D eigenvalue weighted by molar-refractivity contribution is 0.0527. The molecule has 3 heterocycles. The predicted octanol–water partition coefficient (Wildman–Crippen LogP) is 1.94. The first-order valence-electron chi connectivity index (χ1n) is 10.2. The first-order valence-corrected chi connectivity index (χ1v) is 11.0. The molecule has 13 heteroatoms. The van der Waals surface area contributed by atoms with E-state index in [0.717, 1.165) is 16.9 Å². The minimum atomic E-state index is -0.701. The Kier molecular flexibility index (Phi) is 6.45. The number of aromatic nitrogens is 6. The molecule has 0 saturated heterocycles. The third kappa shape index (κ3) is 4.68. The molecule has 174 valence electrons. The number of hydrogen-bond donors (Lipinski definition) is 2. The van der Waals surface area contributed by atoms with Crippen LogP contribution < -0.4 is 11.1 Å². The lowest BCUT2D eigenvalue weighted by Crippen LogP contribution is -2.17. The van der Waals surface area contributed by atoms with Crippen LogP contribution in [0.3, 0.4) is 0 Å². The second kappa shape index (κ2) is 9.62. The van der Waals surface area contributed by atoms with Gasteiger partial charge in [0, 0.05) is 11.8 Å². The van der Waals surface area contributed by atoms with Gasteiger partial charge in [-0.2, -0.15) is 5.10 Å². The zero-order chi connectivity index (χ0) is 24.2. The minimum Gasteiger partial charge on any atom is -0.462 e. The number of ether oxygens (including phenoxy) is 1. The van der Waals surface area contributed by atoms with Crippen LogP contribution in [0.25, 0.3) is 11.4 Å². The molecular weight excluding hydrogens is 460 g/mol. The van der Waals surface area contributed by atoms with Crippen molar-refractivity contribution in [1.82, 2.24) is 30.0 Å². The predicted molar refractivity (Wildman–Crippen MR) is 122 cm³/mol. The number of anilines is 1. The summed E-state index contributed by atoms with van der Waals surface area (Å²) >= 11 is 0.907. The van der Waals surface area contributed by atoms with E-state index in [-0.39, 0.29) is 34.4 Å². The number of primary amides is 1. The number of esters is 1. The highest BCUT2D eigenvalue weighted by Crippen LogP contribution is 2.33. The number of nitrogens with two attached hydrogens (primary N) is 1. The monoisotopic (exact) mass is 480 g/mol. The fraction of sp³-hybridized carbons (Fsp3) is 0.190. The summed E-state index contributed by atoms with van der Waals surface area (Å²) in [6.45, 7) is 3.50. The lowest BCUT2D eigenvalue weighted by Gasteiger charge is -2.06. The van der Waals surface area contributed by atoms with Crippen LogP contribution in [0.4, 0.5) is 5.00 Å². The Labute approximate surface area is 197 Å². The summed E-state index contributed by atoms with van der Waals surface area (Å²) in [5.41, 5.74) is 6.76. The maximum absolute atomic E-state index is 12.8. The number of nitrogens with one attached hydrogen (secondary N) is 1. The Morgan fingerprint density at radius 3 is 2.62 bits per heavy atom. The van der Waals surface area contributed by atoms with E-state index in [0.29, 0.717) is 11.4 Å². The molecule has 0 fully saturated rings. The van der Waals surface area contributed by atoms with Crippen molar-refractivity contribution in [3.63, 3.8) is 0 Å². The third-order valence-electron chi connectivity index (χ3n) is 4.71. The second-order valence-electron chi connectivity index (χ2n) is 7.03. The topological polar surface area (TPSA) is 160 Å². The molecule has 2 amide bonds. The Balaban J connectivity index is 1.50. The Morgan fingerprint density at radius 2 is 1.91 bits per heavy atom. The number of carbonyl (C=O) groups excluding carboxylic acids is 3. The van der Waals surface area contributed by atoms with E-state index < -0.39 is 17.8 Å². The number of tetrazole rings is 1. The van der Waals surface area contributed by atoms with Gasteiger partial charge in [-0.3, -0.25) is 9.59 Å². The zero-order valence-corrected chi connectivity index (χ0v) is 19.1. The number of amides is 2. The fourth-order valence-electron chi connectivity index (χ4n) is 3.15. The SMILES string of the molecule is CCOC(=O)c1c(NC(=O)c2ccn(Cn3nnc(-c4ccccc4)n3)n2)sc(C(N)=O)c1C. The Bertz CT molecular complexity index is 1360. The van der Waals surface area contributed by atoms with Crippen LogP contribution in [-0.4, -0.2) is 54.4 Å². The molecule has 12 nitrogen and oxygen atoms in total. The van der Waals surface area contributed by atoms with Crippen molar-refractivity contribution in [1.29, 1.82) is 0 Å². The van der Waals surface area contributed by atoms with Crippen LogP contribution in [0.2, 0.25) is 0 Å². The number of benzene rings is 1. The number of nitrogens with zero attached hydrogens (tertiary/aromatic N) is 6. The van der Waals surface area contributed by atoms with Gasteiger partial charge in [0.05, 0.1) is 17.0 Å². The van der Waals surface area contributed by atoms with E-state index in [2.05, 4.69) is 25.8 Å². The van der Waals surface area contributed by atoms with Crippen LogP contribution in [0.5, 0.6) is 0 Å². The molecule has 4 rings (SSSR count). The molecule has 3 N–H and O–H groups in total. The van der Waals surface area contributed by atoms with Crippen molar-refractivity contribution < 1.29 is 19.1 Å². The van der Waals surface area contributed by atoms with Gasteiger partial charge in [-0.25, -0.2) is 9.48 Å².